The van der Waals surface area contributed by atoms with Crippen molar-refractivity contribution in [1.82, 2.24) is 0 Å². The summed E-state index contributed by atoms with van der Waals surface area (Å²) in [5.74, 6) is 0. The van der Waals surface area contributed by atoms with E-state index in [-0.39, 0.29) is 0 Å². The molecule has 150 valence electrons. The van der Waals surface area contributed by atoms with Gasteiger partial charge >= 0.3 is 0 Å². The Labute approximate surface area is 184 Å². The molecule has 0 aliphatic heterocycles. The van der Waals surface area contributed by atoms with Crippen LogP contribution in [0, 0.1) is 13.8 Å². The van der Waals surface area contributed by atoms with E-state index in [2.05, 4.69) is 134 Å². The van der Waals surface area contributed by atoms with E-state index in [1.165, 1.54) is 33.4 Å². The highest BCUT2D eigenvalue weighted by Crippen LogP contribution is 2.36. The van der Waals surface area contributed by atoms with Crippen LogP contribution in [0.25, 0.3) is 17.7 Å². The Morgan fingerprint density at radius 3 is 1.65 bits per heavy atom. The van der Waals surface area contributed by atoms with Crippen molar-refractivity contribution in [2.45, 2.75) is 13.8 Å². The van der Waals surface area contributed by atoms with Crippen molar-refractivity contribution in [3.8, 4) is 0 Å². The van der Waals surface area contributed by atoms with Gasteiger partial charge in [0, 0.05) is 17.1 Å². The standard InChI is InChI=1S/C30H25N/c1-22-7-15-27(16-8-22)31(28-17-9-23(2)10-18-28)29-19-11-24(12-20-29)21-26-14-13-25-5-3-4-6-30(25)26/h3-21H,1-2H3/b26-21+. The Kier molecular flexibility index (Phi) is 5.01. The predicted octanol–water partition coefficient (Wildman–Crippen LogP) is 8.34. The van der Waals surface area contributed by atoms with Crippen LogP contribution in [0.2, 0.25) is 0 Å². The van der Waals surface area contributed by atoms with E-state index in [1.807, 2.05) is 0 Å². The minimum atomic E-state index is 1.15. The molecule has 0 N–H and O–H groups in total. The number of anilines is 3. The molecule has 0 radical (unpaired) electrons. The summed E-state index contributed by atoms with van der Waals surface area (Å²) < 4.78 is 0. The first-order chi connectivity index (χ1) is 15.2. The number of aryl methyl sites for hydroxylation is 2. The number of hydrogen-bond donors (Lipinski definition) is 0. The van der Waals surface area contributed by atoms with Gasteiger partial charge in [0.25, 0.3) is 0 Å². The quantitative estimate of drug-likeness (QED) is 0.333. The lowest BCUT2D eigenvalue weighted by atomic mass is 10.0. The topological polar surface area (TPSA) is 3.24 Å². The van der Waals surface area contributed by atoms with Crippen LogP contribution in [0.1, 0.15) is 27.8 Å². The lowest BCUT2D eigenvalue weighted by Gasteiger charge is -2.26. The van der Waals surface area contributed by atoms with Gasteiger partial charge in [-0.1, -0.05) is 83.9 Å². The fraction of sp³-hybridized carbons (Fsp3) is 0.0667. The Morgan fingerprint density at radius 2 is 1.06 bits per heavy atom. The second-order valence-corrected chi connectivity index (χ2v) is 8.12. The molecule has 0 saturated heterocycles. The van der Waals surface area contributed by atoms with Crippen molar-refractivity contribution < 1.29 is 0 Å². The van der Waals surface area contributed by atoms with E-state index in [9.17, 15) is 0 Å². The van der Waals surface area contributed by atoms with Gasteiger partial charge in [0.1, 0.15) is 0 Å². The van der Waals surface area contributed by atoms with Gasteiger partial charge in [-0.05, 0) is 78.6 Å². The smallest absolute Gasteiger partial charge is 0.0462 e. The lowest BCUT2D eigenvalue weighted by Crippen LogP contribution is -2.09. The summed E-state index contributed by atoms with van der Waals surface area (Å²) in [6, 6.07) is 34.8. The molecule has 0 bridgehead atoms. The summed E-state index contributed by atoms with van der Waals surface area (Å²) in [5.41, 5.74) is 11.0. The van der Waals surface area contributed by atoms with Crippen molar-refractivity contribution in [1.29, 1.82) is 0 Å². The molecule has 4 aromatic rings. The van der Waals surface area contributed by atoms with Crippen LogP contribution in [0.15, 0.2) is 103 Å². The van der Waals surface area contributed by atoms with Crippen LogP contribution in [-0.4, -0.2) is 0 Å². The zero-order chi connectivity index (χ0) is 21.2. The highest BCUT2D eigenvalue weighted by atomic mass is 15.1. The van der Waals surface area contributed by atoms with Gasteiger partial charge in [0.05, 0.1) is 0 Å². The Bertz CT molecular complexity index is 1210. The summed E-state index contributed by atoms with van der Waals surface area (Å²) in [4.78, 5) is 2.31. The van der Waals surface area contributed by atoms with Crippen LogP contribution in [-0.2, 0) is 0 Å². The molecule has 0 atom stereocenters. The van der Waals surface area contributed by atoms with Crippen LogP contribution in [0.3, 0.4) is 0 Å². The number of nitrogens with zero attached hydrogens (tertiary/aromatic N) is 1. The van der Waals surface area contributed by atoms with Crippen LogP contribution < -0.4 is 4.90 Å². The zero-order valence-corrected chi connectivity index (χ0v) is 17.9. The summed E-state index contributed by atoms with van der Waals surface area (Å²) in [6.45, 7) is 4.25. The van der Waals surface area contributed by atoms with E-state index in [0.29, 0.717) is 0 Å². The van der Waals surface area contributed by atoms with Gasteiger partial charge in [-0.2, -0.15) is 0 Å². The molecule has 31 heavy (non-hydrogen) atoms. The third kappa shape index (κ3) is 3.95. The fourth-order valence-electron chi connectivity index (χ4n) is 4.03. The highest BCUT2D eigenvalue weighted by Gasteiger charge is 2.13. The monoisotopic (exact) mass is 399 g/mol. The first-order valence-electron chi connectivity index (χ1n) is 10.7. The maximum absolute atomic E-state index is 2.31. The molecule has 1 aliphatic carbocycles. The maximum Gasteiger partial charge on any atom is 0.0462 e. The number of fused-ring (bicyclic) bond motifs is 1. The zero-order valence-electron chi connectivity index (χ0n) is 17.9. The molecule has 0 aromatic heterocycles. The second-order valence-electron chi connectivity index (χ2n) is 8.12. The summed E-state index contributed by atoms with van der Waals surface area (Å²) >= 11 is 0. The third-order valence-electron chi connectivity index (χ3n) is 5.77. The van der Waals surface area contributed by atoms with Crippen molar-refractivity contribution in [2.24, 2.45) is 0 Å². The molecule has 1 nitrogen and oxygen atoms in total. The number of hydrogen-bond acceptors (Lipinski definition) is 1. The lowest BCUT2D eigenvalue weighted by molar-refractivity contribution is 1.27. The van der Waals surface area contributed by atoms with Crippen molar-refractivity contribution in [3.05, 3.63) is 131 Å². The third-order valence-corrected chi connectivity index (χ3v) is 5.77. The average Bonchev–Trinajstić information content (AvgIpc) is 3.20. The molecule has 0 saturated carbocycles. The molecule has 0 fully saturated rings. The molecule has 1 heteroatoms. The molecule has 0 amide bonds. The molecular formula is C30H25N. The number of benzene rings is 4. The maximum atomic E-state index is 2.31. The van der Waals surface area contributed by atoms with Crippen molar-refractivity contribution in [3.63, 3.8) is 0 Å². The highest BCUT2D eigenvalue weighted by molar-refractivity contribution is 5.97. The molecule has 0 unspecified atom stereocenters. The van der Waals surface area contributed by atoms with Crippen LogP contribution in [0.4, 0.5) is 17.1 Å². The SMILES string of the molecule is Cc1ccc(N(c2ccc(C)cc2)c2ccc(/C=C3\C=Cc4ccccc43)cc2)cc1. The summed E-state index contributed by atoms with van der Waals surface area (Å²) in [5, 5.41) is 0. The summed E-state index contributed by atoms with van der Waals surface area (Å²) in [7, 11) is 0. The number of rotatable bonds is 4. The van der Waals surface area contributed by atoms with Crippen molar-refractivity contribution >= 4 is 34.8 Å². The molecule has 0 heterocycles. The van der Waals surface area contributed by atoms with Gasteiger partial charge in [-0.15, -0.1) is 0 Å². The second kappa shape index (κ2) is 8.12. The summed E-state index contributed by atoms with van der Waals surface area (Å²) in [6.07, 6.45) is 6.64. The van der Waals surface area contributed by atoms with Gasteiger partial charge in [-0.25, -0.2) is 0 Å². The normalized spacial score (nSPS) is 13.4. The van der Waals surface area contributed by atoms with E-state index in [1.54, 1.807) is 0 Å². The first-order valence-corrected chi connectivity index (χ1v) is 10.7. The van der Waals surface area contributed by atoms with E-state index in [0.717, 1.165) is 17.1 Å². The van der Waals surface area contributed by atoms with E-state index < -0.39 is 0 Å². The van der Waals surface area contributed by atoms with E-state index in [4.69, 9.17) is 0 Å². The predicted molar refractivity (Wildman–Crippen MR) is 134 cm³/mol. The largest absolute Gasteiger partial charge is 0.311 e. The molecule has 4 aromatic carbocycles. The Balaban J connectivity index is 1.51. The van der Waals surface area contributed by atoms with Crippen LogP contribution in [0.5, 0.6) is 0 Å². The molecule has 5 rings (SSSR count). The molecule has 1 aliphatic rings. The Morgan fingerprint density at radius 1 is 0.548 bits per heavy atom. The van der Waals surface area contributed by atoms with Gasteiger partial charge in [0.2, 0.25) is 0 Å². The van der Waals surface area contributed by atoms with Gasteiger partial charge in [-0.3, -0.25) is 0 Å². The fourth-order valence-corrected chi connectivity index (χ4v) is 4.03. The van der Waals surface area contributed by atoms with Crippen molar-refractivity contribution in [2.75, 3.05) is 4.90 Å². The van der Waals surface area contributed by atoms with Crippen LogP contribution >= 0.6 is 0 Å². The molecule has 0 spiro atoms. The minimum absolute atomic E-state index is 1.15. The number of allylic oxidation sites excluding steroid dienone is 2. The minimum Gasteiger partial charge on any atom is -0.311 e. The molecular weight excluding hydrogens is 374 g/mol. The Hall–Kier alpha value is -3.84. The van der Waals surface area contributed by atoms with Gasteiger partial charge < -0.3 is 4.90 Å². The van der Waals surface area contributed by atoms with E-state index >= 15 is 0 Å². The van der Waals surface area contributed by atoms with Gasteiger partial charge in [0.15, 0.2) is 0 Å². The first kappa shape index (κ1) is 19.1. The average molecular weight is 400 g/mol.